The molecule has 3 heterocycles. The number of alkyl halides is 3. The summed E-state index contributed by atoms with van der Waals surface area (Å²) in [6, 6.07) is 22.3. The van der Waals surface area contributed by atoms with Crippen LogP contribution < -0.4 is 10.6 Å². The average Bonchev–Trinajstić information content (AvgIpc) is 3.40. The van der Waals surface area contributed by atoms with E-state index in [0.717, 1.165) is 55.7 Å². The van der Waals surface area contributed by atoms with Crippen LogP contribution in [0.1, 0.15) is 58.3 Å². The van der Waals surface area contributed by atoms with Crippen LogP contribution in [0.15, 0.2) is 85.2 Å². The van der Waals surface area contributed by atoms with Crippen molar-refractivity contribution in [3.05, 3.63) is 125 Å². The van der Waals surface area contributed by atoms with Crippen molar-refractivity contribution in [2.24, 2.45) is 0 Å². The Labute approximate surface area is 242 Å². The van der Waals surface area contributed by atoms with Crippen molar-refractivity contribution in [3.63, 3.8) is 0 Å². The van der Waals surface area contributed by atoms with Crippen LogP contribution in [0.2, 0.25) is 0 Å². The van der Waals surface area contributed by atoms with E-state index in [1.54, 1.807) is 6.20 Å². The third kappa shape index (κ3) is 6.86. The molecule has 9 heteroatoms. The summed E-state index contributed by atoms with van der Waals surface area (Å²) in [5.74, 6) is 0.661. The number of nitrogens with zero attached hydrogens (tertiary/aromatic N) is 3. The molecule has 3 N–H and O–H groups in total. The molecule has 3 aromatic heterocycles. The molecule has 2 unspecified atom stereocenters. The van der Waals surface area contributed by atoms with Crippen LogP contribution in [0.5, 0.6) is 0 Å². The number of fused-ring (bicyclic) bond motifs is 2. The van der Waals surface area contributed by atoms with Crippen molar-refractivity contribution in [2.45, 2.75) is 63.5 Å². The predicted molar refractivity (Wildman–Crippen MR) is 157 cm³/mol. The van der Waals surface area contributed by atoms with Gasteiger partial charge in [-0.2, -0.15) is 13.2 Å². The summed E-state index contributed by atoms with van der Waals surface area (Å²) >= 11 is 0. The van der Waals surface area contributed by atoms with Crippen LogP contribution in [-0.2, 0) is 38.5 Å². The first-order valence-electron chi connectivity index (χ1n) is 14.3. The summed E-state index contributed by atoms with van der Waals surface area (Å²) in [7, 11) is 0. The molecule has 42 heavy (non-hydrogen) atoms. The second-order valence-electron chi connectivity index (χ2n) is 10.9. The van der Waals surface area contributed by atoms with Gasteiger partial charge in [-0.1, -0.05) is 36.4 Å². The largest absolute Gasteiger partial charge is 0.416 e. The van der Waals surface area contributed by atoms with Crippen molar-refractivity contribution >= 4 is 11.0 Å². The van der Waals surface area contributed by atoms with E-state index in [4.69, 9.17) is 4.98 Å². The first-order valence-corrected chi connectivity index (χ1v) is 14.3. The zero-order chi connectivity index (χ0) is 28.9. The van der Waals surface area contributed by atoms with Crippen LogP contribution in [0.4, 0.5) is 13.2 Å². The second kappa shape index (κ2) is 12.4. The summed E-state index contributed by atoms with van der Waals surface area (Å²) in [6.07, 6.45) is 3.60. The average molecular weight is 571 g/mol. The molecule has 0 amide bonds. The lowest BCUT2D eigenvalue weighted by molar-refractivity contribution is -0.137. The van der Waals surface area contributed by atoms with E-state index < -0.39 is 11.7 Å². The Morgan fingerprint density at radius 3 is 2.52 bits per heavy atom. The Balaban J connectivity index is 1.18. The number of aromatic amines is 1. The van der Waals surface area contributed by atoms with E-state index in [1.165, 1.54) is 22.8 Å². The number of aromatic nitrogens is 4. The fourth-order valence-electron chi connectivity index (χ4n) is 5.73. The molecular formula is C33H33F3N6. The van der Waals surface area contributed by atoms with E-state index in [2.05, 4.69) is 55.9 Å². The van der Waals surface area contributed by atoms with E-state index in [1.807, 2.05) is 30.5 Å². The van der Waals surface area contributed by atoms with Crippen molar-refractivity contribution in [1.82, 2.24) is 30.6 Å². The summed E-state index contributed by atoms with van der Waals surface area (Å²) in [5, 5.41) is 7.27. The number of benzene rings is 2. The highest BCUT2D eigenvalue weighted by molar-refractivity contribution is 5.76. The molecule has 5 aromatic rings. The van der Waals surface area contributed by atoms with E-state index in [9.17, 15) is 13.2 Å². The SMILES string of the molecule is FC(F)(F)c1ccc2nc(CC(Cc3ccc(CNCc4ccccn4)cc3)NC3CCCc4cccnc43)[nH]c2c1. The lowest BCUT2D eigenvalue weighted by atomic mass is 9.90. The van der Waals surface area contributed by atoms with Crippen LogP contribution in [0.3, 0.4) is 0 Å². The van der Waals surface area contributed by atoms with Crippen LogP contribution >= 0.6 is 0 Å². The number of rotatable bonds is 10. The van der Waals surface area contributed by atoms with Gasteiger partial charge in [0.1, 0.15) is 5.82 Å². The number of imidazole rings is 1. The molecular weight excluding hydrogens is 537 g/mol. The van der Waals surface area contributed by atoms with Crippen molar-refractivity contribution in [2.75, 3.05) is 0 Å². The maximum Gasteiger partial charge on any atom is 0.416 e. The Morgan fingerprint density at radius 2 is 1.71 bits per heavy atom. The van der Waals surface area contributed by atoms with Crippen molar-refractivity contribution in [1.29, 1.82) is 0 Å². The Morgan fingerprint density at radius 1 is 0.881 bits per heavy atom. The monoisotopic (exact) mass is 570 g/mol. The van der Waals surface area contributed by atoms with Crippen LogP contribution in [0, 0.1) is 0 Å². The molecule has 0 fully saturated rings. The molecule has 0 saturated carbocycles. The maximum atomic E-state index is 13.3. The third-order valence-corrected chi connectivity index (χ3v) is 7.80. The Kier molecular flexibility index (Phi) is 8.30. The van der Waals surface area contributed by atoms with Crippen molar-refractivity contribution < 1.29 is 13.2 Å². The van der Waals surface area contributed by atoms with Crippen molar-refractivity contribution in [3.8, 4) is 0 Å². The standard InChI is InChI=1S/C33H33F3N6/c34-33(35,36)25-13-14-28-30(18-25)42-31(41-28)19-27(40-29-8-3-5-24-6-4-16-39-32(24)29)17-22-9-11-23(12-10-22)20-37-21-26-7-1-2-15-38-26/h1-2,4,6-7,9-16,18,27,29,37,40H,3,5,8,17,19-21H2,(H,41,42). The second-order valence-corrected chi connectivity index (χ2v) is 10.9. The highest BCUT2D eigenvalue weighted by Gasteiger charge is 2.31. The molecule has 0 bridgehead atoms. The summed E-state index contributed by atoms with van der Waals surface area (Å²) in [4.78, 5) is 16.8. The molecule has 6 nitrogen and oxygen atoms in total. The quantitative estimate of drug-likeness (QED) is 0.179. The van der Waals surface area contributed by atoms with Gasteiger partial charge in [-0.3, -0.25) is 9.97 Å². The highest BCUT2D eigenvalue weighted by Crippen LogP contribution is 2.32. The Bertz CT molecular complexity index is 1610. The number of H-pyrrole nitrogens is 1. The lowest BCUT2D eigenvalue weighted by Crippen LogP contribution is -2.38. The van der Waals surface area contributed by atoms with Gasteiger partial charge in [-0.25, -0.2) is 4.98 Å². The molecule has 0 aliphatic heterocycles. The number of nitrogens with one attached hydrogen (secondary N) is 3. The molecule has 2 aromatic carbocycles. The minimum Gasteiger partial charge on any atom is -0.342 e. The zero-order valence-corrected chi connectivity index (χ0v) is 23.2. The fraction of sp³-hybridized carbons (Fsp3) is 0.303. The Hall–Kier alpha value is -4.08. The number of pyridine rings is 2. The number of aryl methyl sites for hydroxylation is 1. The molecule has 1 aliphatic carbocycles. The first kappa shape index (κ1) is 28.1. The van der Waals surface area contributed by atoms with Gasteiger partial charge in [-0.05, 0) is 78.8 Å². The minimum absolute atomic E-state index is 0.00117. The normalized spacial score (nSPS) is 15.9. The number of hydrogen-bond donors (Lipinski definition) is 3. The number of halogens is 3. The van der Waals surface area contributed by atoms with E-state index >= 15 is 0 Å². The van der Waals surface area contributed by atoms with Gasteiger partial charge >= 0.3 is 6.18 Å². The topological polar surface area (TPSA) is 78.5 Å². The highest BCUT2D eigenvalue weighted by atomic mass is 19.4. The van der Waals surface area contributed by atoms with Gasteiger partial charge in [0, 0.05) is 44.0 Å². The molecule has 0 saturated heterocycles. The van der Waals surface area contributed by atoms with Gasteiger partial charge < -0.3 is 15.6 Å². The molecule has 0 spiro atoms. The summed E-state index contributed by atoms with van der Waals surface area (Å²) in [5.41, 5.74) is 5.96. The zero-order valence-electron chi connectivity index (χ0n) is 23.2. The number of hydrogen-bond acceptors (Lipinski definition) is 5. The third-order valence-electron chi connectivity index (χ3n) is 7.80. The maximum absolute atomic E-state index is 13.3. The fourth-order valence-corrected chi connectivity index (χ4v) is 5.73. The van der Waals surface area contributed by atoms with Gasteiger partial charge in [0.25, 0.3) is 0 Å². The molecule has 6 rings (SSSR count). The van der Waals surface area contributed by atoms with Gasteiger partial charge in [0.2, 0.25) is 0 Å². The molecule has 2 atom stereocenters. The van der Waals surface area contributed by atoms with Gasteiger partial charge in [0.05, 0.1) is 28.0 Å². The summed E-state index contributed by atoms with van der Waals surface area (Å²) < 4.78 is 39.8. The van der Waals surface area contributed by atoms with Gasteiger partial charge in [0.15, 0.2) is 0 Å². The van der Waals surface area contributed by atoms with Crippen LogP contribution in [-0.4, -0.2) is 26.0 Å². The first-order chi connectivity index (χ1) is 20.4. The van der Waals surface area contributed by atoms with E-state index in [-0.39, 0.29) is 12.1 Å². The van der Waals surface area contributed by atoms with E-state index in [0.29, 0.717) is 29.8 Å². The lowest BCUT2D eigenvalue weighted by Gasteiger charge is -2.29. The van der Waals surface area contributed by atoms with Gasteiger partial charge in [-0.15, -0.1) is 0 Å². The molecule has 1 aliphatic rings. The molecule has 216 valence electrons. The minimum atomic E-state index is -4.40. The molecule has 0 radical (unpaired) electrons. The smallest absolute Gasteiger partial charge is 0.342 e. The summed E-state index contributed by atoms with van der Waals surface area (Å²) in [6.45, 7) is 1.44. The predicted octanol–water partition coefficient (Wildman–Crippen LogP) is 6.48. The van der Waals surface area contributed by atoms with Crippen LogP contribution in [0.25, 0.3) is 11.0 Å².